The molecule has 1 unspecified atom stereocenters. The summed E-state index contributed by atoms with van der Waals surface area (Å²) < 4.78 is 0. The van der Waals surface area contributed by atoms with Crippen molar-refractivity contribution in [1.82, 2.24) is 4.90 Å². The molecule has 1 fully saturated rings. The number of nitrogens with zero attached hydrogens (tertiary/aromatic N) is 1. The summed E-state index contributed by atoms with van der Waals surface area (Å²) in [4.78, 5) is 2.32. The zero-order valence-corrected chi connectivity index (χ0v) is 11.2. The molecule has 1 heterocycles. The first kappa shape index (κ1) is 12.6. The van der Waals surface area contributed by atoms with Crippen molar-refractivity contribution >= 4 is 0 Å². The van der Waals surface area contributed by atoms with E-state index in [2.05, 4.69) is 44.0 Å². The largest absolute Gasteiger partial charge is 0.396 e. The molecule has 1 saturated heterocycles. The molecule has 2 heteroatoms. The molecule has 0 saturated carbocycles. The second-order valence-electron chi connectivity index (χ2n) is 5.75. The lowest BCUT2D eigenvalue weighted by Crippen LogP contribution is -2.31. The van der Waals surface area contributed by atoms with E-state index in [1.807, 2.05) is 0 Å². The highest BCUT2D eigenvalue weighted by Crippen LogP contribution is 2.33. The van der Waals surface area contributed by atoms with Crippen LogP contribution in [0.4, 0.5) is 0 Å². The Labute approximate surface area is 104 Å². The van der Waals surface area contributed by atoms with Crippen molar-refractivity contribution in [3.8, 4) is 0 Å². The molecule has 17 heavy (non-hydrogen) atoms. The molecule has 2 nitrogen and oxygen atoms in total. The summed E-state index contributed by atoms with van der Waals surface area (Å²) in [7, 11) is 2.14. The van der Waals surface area contributed by atoms with Crippen molar-refractivity contribution in [1.29, 1.82) is 0 Å². The first-order chi connectivity index (χ1) is 8.04. The molecule has 1 aromatic carbocycles. The molecule has 2 rings (SSSR count). The third-order valence-corrected chi connectivity index (χ3v) is 4.03. The van der Waals surface area contributed by atoms with Gasteiger partial charge >= 0.3 is 0 Å². The van der Waals surface area contributed by atoms with Crippen molar-refractivity contribution in [3.63, 3.8) is 0 Å². The van der Waals surface area contributed by atoms with Crippen LogP contribution in [0.25, 0.3) is 0 Å². The molecular weight excluding hydrogens is 210 g/mol. The normalized spacial score (nSPS) is 25.4. The molecule has 0 aromatic heterocycles. The van der Waals surface area contributed by atoms with Crippen LogP contribution in [0.2, 0.25) is 0 Å². The Morgan fingerprint density at radius 2 is 2.12 bits per heavy atom. The molecule has 1 N–H and O–H groups in total. The number of benzene rings is 1. The average Bonchev–Trinajstić information content (AvgIpc) is 2.65. The monoisotopic (exact) mass is 233 g/mol. The minimum Gasteiger partial charge on any atom is -0.396 e. The van der Waals surface area contributed by atoms with E-state index in [9.17, 15) is 5.11 Å². The van der Waals surface area contributed by atoms with Crippen LogP contribution in [0.1, 0.15) is 23.1 Å². The van der Waals surface area contributed by atoms with Crippen LogP contribution in [0.3, 0.4) is 0 Å². The van der Waals surface area contributed by atoms with E-state index in [0.29, 0.717) is 6.61 Å². The highest BCUT2D eigenvalue weighted by molar-refractivity contribution is 5.31. The smallest absolute Gasteiger partial charge is 0.0503 e. The van der Waals surface area contributed by atoms with E-state index in [0.717, 1.165) is 25.9 Å². The number of hydrogen-bond acceptors (Lipinski definition) is 2. The molecular formula is C15H23NO. The predicted molar refractivity (Wildman–Crippen MR) is 71.3 cm³/mol. The quantitative estimate of drug-likeness (QED) is 0.865. The number of aliphatic hydroxyl groups excluding tert-OH is 1. The van der Waals surface area contributed by atoms with Crippen LogP contribution < -0.4 is 0 Å². The van der Waals surface area contributed by atoms with E-state index in [1.54, 1.807) is 0 Å². The summed E-state index contributed by atoms with van der Waals surface area (Å²) in [5.41, 5.74) is 4.13. The summed E-state index contributed by atoms with van der Waals surface area (Å²) in [6.07, 6.45) is 2.10. The third kappa shape index (κ3) is 2.70. The van der Waals surface area contributed by atoms with Gasteiger partial charge in [0.25, 0.3) is 0 Å². The van der Waals surface area contributed by atoms with Gasteiger partial charge in [-0.3, -0.25) is 0 Å². The van der Waals surface area contributed by atoms with Crippen LogP contribution in [-0.2, 0) is 6.42 Å². The summed E-state index contributed by atoms with van der Waals surface area (Å²) in [5.74, 6) is 0. The van der Waals surface area contributed by atoms with Crippen molar-refractivity contribution in [3.05, 3.63) is 34.9 Å². The van der Waals surface area contributed by atoms with Crippen LogP contribution >= 0.6 is 0 Å². The molecule has 1 atom stereocenters. The fraction of sp³-hybridized carbons (Fsp3) is 0.600. The Morgan fingerprint density at radius 1 is 1.35 bits per heavy atom. The number of rotatable bonds is 3. The second kappa shape index (κ2) is 4.79. The zero-order chi connectivity index (χ0) is 12.5. The fourth-order valence-corrected chi connectivity index (χ4v) is 2.94. The van der Waals surface area contributed by atoms with Gasteiger partial charge in [0.2, 0.25) is 0 Å². The summed E-state index contributed by atoms with van der Waals surface area (Å²) >= 11 is 0. The van der Waals surface area contributed by atoms with Gasteiger partial charge in [-0.05, 0) is 51.4 Å². The molecule has 0 aliphatic carbocycles. The maximum atomic E-state index is 9.71. The molecule has 0 radical (unpaired) electrons. The lowest BCUT2D eigenvalue weighted by molar-refractivity contribution is 0.132. The summed E-state index contributed by atoms with van der Waals surface area (Å²) in [6, 6.07) is 6.63. The van der Waals surface area contributed by atoms with E-state index in [-0.39, 0.29) is 5.41 Å². The fourth-order valence-electron chi connectivity index (χ4n) is 2.94. The first-order valence-electron chi connectivity index (χ1n) is 6.40. The van der Waals surface area contributed by atoms with E-state index in [4.69, 9.17) is 0 Å². The van der Waals surface area contributed by atoms with Crippen LogP contribution in [0.5, 0.6) is 0 Å². The maximum Gasteiger partial charge on any atom is 0.0503 e. The SMILES string of the molecule is Cc1ccc(CC2(CO)CCN(C)C2)c(C)c1. The maximum absolute atomic E-state index is 9.71. The highest BCUT2D eigenvalue weighted by atomic mass is 16.3. The number of likely N-dealkylation sites (tertiary alicyclic amines) is 1. The third-order valence-electron chi connectivity index (χ3n) is 4.03. The van der Waals surface area contributed by atoms with Gasteiger partial charge in [0.15, 0.2) is 0 Å². The van der Waals surface area contributed by atoms with Crippen molar-refractivity contribution in [2.24, 2.45) is 5.41 Å². The molecule has 94 valence electrons. The molecule has 0 amide bonds. The minimum atomic E-state index is 0.0781. The first-order valence-corrected chi connectivity index (χ1v) is 6.40. The van der Waals surface area contributed by atoms with E-state index >= 15 is 0 Å². The highest BCUT2D eigenvalue weighted by Gasteiger charge is 2.36. The van der Waals surface area contributed by atoms with Gasteiger partial charge in [0.1, 0.15) is 0 Å². The van der Waals surface area contributed by atoms with E-state index in [1.165, 1.54) is 16.7 Å². The van der Waals surface area contributed by atoms with Gasteiger partial charge in [-0.1, -0.05) is 23.8 Å². The zero-order valence-electron chi connectivity index (χ0n) is 11.2. The van der Waals surface area contributed by atoms with Gasteiger partial charge in [0, 0.05) is 12.0 Å². The van der Waals surface area contributed by atoms with Crippen molar-refractivity contribution < 1.29 is 5.11 Å². The Balaban J connectivity index is 2.19. The average molecular weight is 233 g/mol. The topological polar surface area (TPSA) is 23.5 Å². The predicted octanol–water partition coefficient (Wildman–Crippen LogP) is 2.16. The Morgan fingerprint density at radius 3 is 2.65 bits per heavy atom. The lowest BCUT2D eigenvalue weighted by atomic mass is 9.80. The number of aliphatic hydroxyl groups is 1. The van der Waals surface area contributed by atoms with Crippen molar-refractivity contribution in [2.45, 2.75) is 26.7 Å². The summed E-state index contributed by atoms with van der Waals surface area (Å²) in [5, 5.41) is 9.71. The van der Waals surface area contributed by atoms with Crippen LogP contribution in [0, 0.1) is 19.3 Å². The van der Waals surface area contributed by atoms with Gasteiger partial charge in [-0.25, -0.2) is 0 Å². The van der Waals surface area contributed by atoms with Gasteiger partial charge in [0.05, 0.1) is 6.61 Å². The second-order valence-corrected chi connectivity index (χ2v) is 5.75. The minimum absolute atomic E-state index is 0.0781. The Bertz CT molecular complexity index is 402. The van der Waals surface area contributed by atoms with Crippen molar-refractivity contribution in [2.75, 3.05) is 26.7 Å². The standard InChI is InChI=1S/C15H23NO/c1-12-4-5-14(13(2)8-12)9-15(11-17)6-7-16(3)10-15/h4-5,8,17H,6-7,9-11H2,1-3H3. The van der Waals surface area contributed by atoms with Gasteiger partial charge in [-0.15, -0.1) is 0 Å². The Hall–Kier alpha value is -0.860. The van der Waals surface area contributed by atoms with E-state index < -0.39 is 0 Å². The molecule has 1 aliphatic rings. The van der Waals surface area contributed by atoms with Crippen LogP contribution in [0.15, 0.2) is 18.2 Å². The lowest BCUT2D eigenvalue weighted by Gasteiger charge is -2.27. The van der Waals surface area contributed by atoms with Crippen LogP contribution in [-0.4, -0.2) is 36.8 Å². The summed E-state index contributed by atoms with van der Waals surface area (Å²) in [6.45, 7) is 6.71. The molecule has 1 aliphatic heterocycles. The molecule has 0 bridgehead atoms. The molecule has 0 spiro atoms. The van der Waals surface area contributed by atoms with Gasteiger partial charge in [-0.2, -0.15) is 0 Å². The Kier molecular flexibility index (Phi) is 3.55. The molecule has 1 aromatic rings. The number of hydrogen-bond donors (Lipinski definition) is 1. The van der Waals surface area contributed by atoms with Gasteiger partial charge < -0.3 is 10.0 Å². The number of aryl methyl sites for hydroxylation is 2.